The number of fused-ring (bicyclic) bond motifs is 2. The maximum atomic E-state index is 12.9. The van der Waals surface area contributed by atoms with Crippen molar-refractivity contribution >= 4 is 33.7 Å². The Morgan fingerprint density at radius 2 is 1.77 bits per heavy atom. The highest BCUT2D eigenvalue weighted by molar-refractivity contribution is 5.85. The average molecular weight is 402 g/mol. The van der Waals surface area contributed by atoms with E-state index in [1.165, 1.54) is 5.39 Å². The van der Waals surface area contributed by atoms with Gasteiger partial charge in [0.2, 0.25) is 11.9 Å². The molecule has 3 aromatic carbocycles. The molecule has 154 valence electrons. The Bertz CT molecular complexity index is 1180. The van der Waals surface area contributed by atoms with Crippen molar-refractivity contribution in [3.8, 4) is 0 Å². The third kappa shape index (κ3) is 4.28. The van der Waals surface area contributed by atoms with E-state index in [2.05, 4.69) is 45.9 Å². The van der Waals surface area contributed by atoms with Crippen LogP contribution in [0.25, 0.3) is 21.8 Å². The Kier molecular flexibility index (Phi) is 5.68. The summed E-state index contributed by atoms with van der Waals surface area (Å²) in [6.45, 7) is 4.19. The largest absolute Gasteiger partial charge is 0.392 e. The standard InChI is InChI=1S/C24H26N4O2/c1-16(29)14-25-24-27-21-9-5-6-10-22(21)28(24)15-23(30)26-17(2)19-12-11-18-7-3-4-8-20(18)13-19/h3-13,16-17,29H,14-15H2,1-2H3,(H,25,27)(H,26,30). The second-order valence-electron chi connectivity index (χ2n) is 7.64. The van der Waals surface area contributed by atoms with Crippen molar-refractivity contribution in [2.75, 3.05) is 11.9 Å². The molecular weight excluding hydrogens is 376 g/mol. The number of carbonyl (C=O) groups is 1. The van der Waals surface area contributed by atoms with Crippen LogP contribution in [0.15, 0.2) is 66.7 Å². The second kappa shape index (κ2) is 8.55. The number of imidazole rings is 1. The average Bonchev–Trinajstić information content (AvgIpc) is 3.09. The maximum Gasteiger partial charge on any atom is 0.240 e. The van der Waals surface area contributed by atoms with E-state index in [0.717, 1.165) is 22.0 Å². The van der Waals surface area contributed by atoms with Gasteiger partial charge >= 0.3 is 0 Å². The van der Waals surface area contributed by atoms with Crippen LogP contribution in [0.1, 0.15) is 25.5 Å². The van der Waals surface area contributed by atoms with Crippen LogP contribution in [0.2, 0.25) is 0 Å². The number of aromatic nitrogens is 2. The Morgan fingerprint density at radius 3 is 2.57 bits per heavy atom. The van der Waals surface area contributed by atoms with Gasteiger partial charge in [-0.1, -0.05) is 48.5 Å². The summed E-state index contributed by atoms with van der Waals surface area (Å²) in [6, 6.07) is 22.0. The number of para-hydroxylation sites is 2. The normalized spacial score (nSPS) is 13.3. The third-order valence-electron chi connectivity index (χ3n) is 5.16. The molecule has 30 heavy (non-hydrogen) atoms. The number of carbonyl (C=O) groups excluding carboxylic acids is 1. The number of rotatable bonds is 7. The molecule has 2 unspecified atom stereocenters. The zero-order valence-corrected chi connectivity index (χ0v) is 17.2. The number of hydrogen-bond acceptors (Lipinski definition) is 4. The summed E-state index contributed by atoms with van der Waals surface area (Å²) in [4.78, 5) is 17.4. The highest BCUT2D eigenvalue weighted by Gasteiger charge is 2.16. The number of amides is 1. The van der Waals surface area contributed by atoms with Crippen LogP contribution >= 0.6 is 0 Å². The molecule has 4 rings (SSSR count). The molecule has 0 saturated heterocycles. The van der Waals surface area contributed by atoms with Crippen molar-refractivity contribution < 1.29 is 9.90 Å². The highest BCUT2D eigenvalue weighted by Crippen LogP contribution is 2.22. The van der Waals surface area contributed by atoms with Gasteiger partial charge in [-0.2, -0.15) is 0 Å². The summed E-state index contributed by atoms with van der Waals surface area (Å²) < 4.78 is 1.85. The number of hydrogen-bond donors (Lipinski definition) is 3. The van der Waals surface area contributed by atoms with Crippen LogP contribution in [-0.2, 0) is 11.3 Å². The van der Waals surface area contributed by atoms with Gasteiger partial charge in [-0.05, 0) is 48.4 Å². The summed E-state index contributed by atoms with van der Waals surface area (Å²) >= 11 is 0. The smallest absolute Gasteiger partial charge is 0.240 e. The summed E-state index contributed by atoms with van der Waals surface area (Å²) in [5.74, 6) is 0.476. The number of anilines is 1. The van der Waals surface area contributed by atoms with Crippen molar-refractivity contribution in [1.82, 2.24) is 14.9 Å². The van der Waals surface area contributed by atoms with Crippen molar-refractivity contribution in [3.63, 3.8) is 0 Å². The molecule has 0 radical (unpaired) electrons. The zero-order chi connectivity index (χ0) is 21.1. The number of nitrogens with one attached hydrogen (secondary N) is 2. The fourth-order valence-corrected chi connectivity index (χ4v) is 3.60. The minimum Gasteiger partial charge on any atom is -0.392 e. The Balaban J connectivity index is 1.52. The van der Waals surface area contributed by atoms with E-state index >= 15 is 0 Å². The molecule has 0 saturated carbocycles. The summed E-state index contributed by atoms with van der Waals surface area (Å²) in [5.41, 5.74) is 2.74. The predicted octanol–water partition coefficient (Wildman–Crippen LogP) is 3.86. The van der Waals surface area contributed by atoms with Crippen LogP contribution in [0.4, 0.5) is 5.95 Å². The van der Waals surface area contributed by atoms with E-state index in [9.17, 15) is 9.90 Å². The molecule has 1 heterocycles. The Morgan fingerprint density at radius 1 is 1.03 bits per heavy atom. The highest BCUT2D eigenvalue weighted by atomic mass is 16.3. The first kappa shape index (κ1) is 19.9. The summed E-state index contributed by atoms with van der Waals surface area (Å²) in [5, 5.41) is 18.2. The van der Waals surface area contributed by atoms with Gasteiger partial charge in [-0.3, -0.25) is 4.79 Å². The van der Waals surface area contributed by atoms with Crippen LogP contribution in [-0.4, -0.2) is 33.2 Å². The van der Waals surface area contributed by atoms with Gasteiger partial charge in [0.15, 0.2) is 0 Å². The van der Waals surface area contributed by atoms with E-state index < -0.39 is 6.10 Å². The minimum absolute atomic E-state index is 0.0982. The predicted molar refractivity (Wildman–Crippen MR) is 120 cm³/mol. The molecule has 3 N–H and O–H groups in total. The molecule has 0 aliphatic carbocycles. The number of nitrogens with zero attached hydrogens (tertiary/aromatic N) is 2. The molecule has 0 bridgehead atoms. The lowest BCUT2D eigenvalue weighted by Gasteiger charge is -2.17. The van der Waals surface area contributed by atoms with Crippen LogP contribution < -0.4 is 10.6 Å². The fourth-order valence-electron chi connectivity index (χ4n) is 3.60. The monoisotopic (exact) mass is 402 g/mol. The SMILES string of the molecule is CC(O)CNc1nc2ccccc2n1CC(=O)NC(C)c1ccc2ccccc2c1. The number of aliphatic hydroxyl groups excluding tert-OH is 1. The minimum atomic E-state index is -0.514. The van der Waals surface area contributed by atoms with Crippen molar-refractivity contribution in [3.05, 3.63) is 72.3 Å². The number of benzene rings is 3. The summed E-state index contributed by atoms with van der Waals surface area (Å²) in [6.07, 6.45) is -0.514. The van der Waals surface area contributed by atoms with Gasteiger partial charge in [0.1, 0.15) is 6.54 Å². The second-order valence-corrected chi connectivity index (χ2v) is 7.64. The molecule has 6 heteroatoms. The molecule has 0 spiro atoms. The van der Waals surface area contributed by atoms with E-state index in [1.807, 2.05) is 47.9 Å². The Hall–Kier alpha value is -3.38. The quantitative estimate of drug-likeness (QED) is 0.439. The van der Waals surface area contributed by atoms with Gasteiger partial charge in [0.05, 0.1) is 23.2 Å². The lowest BCUT2D eigenvalue weighted by atomic mass is 10.0. The van der Waals surface area contributed by atoms with E-state index in [-0.39, 0.29) is 18.5 Å². The third-order valence-corrected chi connectivity index (χ3v) is 5.16. The molecule has 0 aliphatic rings. The van der Waals surface area contributed by atoms with Gasteiger partial charge < -0.3 is 20.3 Å². The maximum absolute atomic E-state index is 12.9. The molecular formula is C24H26N4O2. The van der Waals surface area contributed by atoms with E-state index in [4.69, 9.17) is 0 Å². The zero-order valence-electron chi connectivity index (χ0n) is 17.2. The van der Waals surface area contributed by atoms with Gasteiger partial charge in [-0.15, -0.1) is 0 Å². The molecule has 2 atom stereocenters. The molecule has 1 aromatic heterocycles. The van der Waals surface area contributed by atoms with Crippen molar-refractivity contribution in [2.45, 2.75) is 32.5 Å². The molecule has 1 amide bonds. The first-order valence-corrected chi connectivity index (χ1v) is 10.2. The molecule has 0 fully saturated rings. The number of aliphatic hydroxyl groups is 1. The van der Waals surface area contributed by atoms with Gasteiger partial charge in [-0.25, -0.2) is 4.98 Å². The molecule has 6 nitrogen and oxygen atoms in total. The van der Waals surface area contributed by atoms with E-state index in [1.54, 1.807) is 6.92 Å². The van der Waals surface area contributed by atoms with Crippen molar-refractivity contribution in [1.29, 1.82) is 0 Å². The molecule has 0 aliphatic heterocycles. The lowest BCUT2D eigenvalue weighted by molar-refractivity contribution is -0.122. The Labute approximate surface area is 175 Å². The van der Waals surface area contributed by atoms with Crippen LogP contribution in [0.3, 0.4) is 0 Å². The molecule has 4 aromatic rings. The van der Waals surface area contributed by atoms with Crippen LogP contribution in [0.5, 0.6) is 0 Å². The van der Waals surface area contributed by atoms with Gasteiger partial charge in [0.25, 0.3) is 0 Å². The topological polar surface area (TPSA) is 79.2 Å². The first-order valence-electron chi connectivity index (χ1n) is 10.2. The van der Waals surface area contributed by atoms with Crippen LogP contribution in [0, 0.1) is 0 Å². The first-order chi connectivity index (χ1) is 14.5. The lowest BCUT2D eigenvalue weighted by Crippen LogP contribution is -2.30. The summed E-state index contributed by atoms with van der Waals surface area (Å²) in [7, 11) is 0. The van der Waals surface area contributed by atoms with E-state index in [0.29, 0.717) is 12.5 Å². The van der Waals surface area contributed by atoms with Crippen molar-refractivity contribution in [2.24, 2.45) is 0 Å². The van der Waals surface area contributed by atoms with Gasteiger partial charge in [0, 0.05) is 6.54 Å². The fraction of sp³-hybridized carbons (Fsp3) is 0.250.